The lowest BCUT2D eigenvalue weighted by molar-refractivity contribution is 0.252. The summed E-state index contributed by atoms with van der Waals surface area (Å²) in [5, 5.41) is 3.97. The van der Waals surface area contributed by atoms with E-state index in [4.69, 9.17) is 0 Å². The Balaban J connectivity index is 1.39. The van der Waals surface area contributed by atoms with Crippen molar-refractivity contribution in [1.29, 1.82) is 0 Å². The molecule has 2 heterocycles. The maximum atomic E-state index is 4.22. The average Bonchev–Trinajstić information content (AvgIpc) is 2.86. The average molecular weight is 274 g/mol. The second-order valence-electron chi connectivity index (χ2n) is 6.99. The predicted molar refractivity (Wildman–Crippen MR) is 79.6 cm³/mol. The van der Waals surface area contributed by atoms with Crippen LogP contribution >= 0.6 is 0 Å². The molecule has 4 unspecified atom stereocenters. The third-order valence-electron chi connectivity index (χ3n) is 5.48. The Kier molecular flexibility index (Phi) is 3.31. The summed E-state index contributed by atoms with van der Waals surface area (Å²) in [4.78, 5) is 6.95. The summed E-state index contributed by atoms with van der Waals surface area (Å²) < 4.78 is 2.31. The Morgan fingerprint density at radius 3 is 2.85 bits per heavy atom. The Hall–Kier alpha value is -0.870. The summed E-state index contributed by atoms with van der Waals surface area (Å²) in [7, 11) is 0. The molecule has 0 aromatic carbocycles. The van der Waals surface area contributed by atoms with Crippen LogP contribution in [0.5, 0.6) is 0 Å². The van der Waals surface area contributed by atoms with E-state index in [1.807, 2.05) is 12.5 Å². The van der Waals surface area contributed by atoms with E-state index in [9.17, 15) is 0 Å². The minimum atomic E-state index is 0.614. The molecule has 3 aliphatic rings. The van der Waals surface area contributed by atoms with Crippen molar-refractivity contribution in [1.82, 2.24) is 19.8 Å². The third kappa shape index (κ3) is 2.40. The topological polar surface area (TPSA) is 33.1 Å². The van der Waals surface area contributed by atoms with Crippen molar-refractivity contribution in [3.8, 4) is 0 Å². The summed E-state index contributed by atoms with van der Waals surface area (Å²) in [6, 6.07) is 3.63. The number of nitrogens with zero attached hydrogens (tertiary/aromatic N) is 3. The highest BCUT2D eigenvalue weighted by Crippen LogP contribution is 2.35. The van der Waals surface area contributed by atoms with Gasteiger partial charge in [-0.15, -0.1) is 0 Å². The fourth-order valence-electron chi connectivity index (χ4n) is 4.35. The van der Waals surface area contributed by atoms with Gasteiger partial charge in [-0.05, 0) is 45.4 Å². The molecule has 0 amide bonds. The quantitative estimate of drug-likeness (QED) is 0.913. The Bertz CT molecular complexity index is 439. The Morgan fingerprint density at radius 2 is 2.10 bits per heavy atom. The molecule has 1 aliphatic heterocycles. The smallest absolute Gasteiger partial charge is 0.0949 e. The molecule has 0 spiro atoms. The number of nitrogens with one attached hydrogen (secondary N) is 1. The molecule has 4 nitrogen and oxygen atoms in total. The predicted octanol–water partition coefficient (Wildman–Crippen LogP) is 2.19. The van der Waals surface area contributed by atoms with Gasteiger partial charge in [0.15, 0.2) is 0 Å². The van der Waals surface area contributed by atoms with Crippen LogP contribution in [0, 0.1) is 0 Å². The summed E-state index contributed by atoms with van der Waals surface area (Å²) in [6.07, 6.45) is 14.1. The van der Waals surface area contributed by atoms with Gasteiger partial charge in [-0.25, -0.2) is 4.98 Å². The van der Waals surface area contributed by atoms with Crippen LogP contribution in [0.25, 0.3) is 0 Å². The van der Waals surface area contributed by atoms with E-state index in [0.29, 0.717) is 18.1 Å². The first kappa shape index (κ1) is 12.8. The second-order valence-corrected chi connectivity index (χ2v) is 6.99. The molecule has 1 N–H and O–H groups in total. The van der Waals surface area contributed by atoms with Gasteiger partial charge in [0.1, 0.15) is 0 Å². The van der Waals surface area contributed by atoms with Crippen LogP contribution in [0.15, 0.2) is 18.7 Å². The number of rotatable bonds is 4. The van der Waals surface area contributed by atoms with Crippen LogP contribution in [0.4, 0.5) is 0 Å². The zero-order chi connectivity index (χ0) is 13.5. The van der Waals surface area contributed by atoms with Crippen LogP contribution < -0.4 is 5.32 Å². The molecule has 3 fully saturated rings. The van der Waals surface area contributed by atoms with Crippen molar-refractivity contribution in [3.63, 3.8) is 0 Å². The number of imidazole rings is 1. The minimum absolute atomic E-state index is 0.614. The molecule has 1 saturated heterocycles. The molecule has 0 radical (unpaired) electrons. The molecule has 4 atom stereocenters. The number of aromatic nitrogens is 2. The fourth-order valence-corrected chi connectivity index (χ4v) is 4.35. The molecule has 110 valence electrons. The number of hydrogen-bond acceptors (Lipinski definition) is 3. The van der Waals surface area contributed by atoms with E-state index in [1.54, 1.807) is 0 Å². The highest BCUT2D eigenvalue weighted by Gasteiger charge is 2.40. The van der Waals surface area contributed by atoms with Crippen LogP contribution in [-0.2, 0) is 0 Å². The van der Waals surface area contributed by atoms with Crippen molar-refractivity contribution < 1.29 is 0 Å². The maximum Gasteiger partial charge on any atom is 0.0949 e. The summed E-state index contributed by atoms with van der Waals surface area (Å²) >= 11 is 0. The van der Waals surface area contributed by atoms with E-state index in [-0.39, 0.29) is 0 Å². The standard InChI is InChI=1S/C16H26N4/c1-12-9-13(10-20(12)14-5-6-14)18-15-3-2-4-16(15)19-8-7-17-11-19/h7-8,11-16,18H,2-6,9-10H2,1H3. The molecule has 4 heteroatoms. The van der Waals surface area contributed by atoms with Crippen LogP contribution in [0.3, 0.4) is 0 Å². The minimum Gasteiger partial charge on any atom is -0.333 e. The SMILES string of the molecule is CC1CC(NC2CCCC2n2ccnc2)CN1C1CC1. The van der Waals surface area contributed by atoms with E-state index >= 15 is 0 Å². The molecule has 2 aliphatic carbocycles. The van der Waals surface area contributed by atoms with Gasteiger partial charge >= 0.3 is 0 Å². The van der Waals surface area contributed by atoms with E-state index in [2.05, 4.69) is 32.9 Å². The molecular weight excluding hydrogens is 248 g/mol. The van der Waals surface area contributed by atoms with Gasteiger partial charge in [-0.1, -0.05) is 0 Å². The maximum absolute atomic E-state index is 4.22. The van der Waals surface area contributed by atoms with Crippen molar-refractivity contribution in [2.75, 3.05) is 6.54 Å². The third-order valence-corrected chi connectivity index (χ3v) is 5.48. The van der Waals surface area contributed by atoms with E-state index in [1.165, 1.54) is 45.1 Å². The zero-order valence-electron chi connectivity index (χ0n) is 12.4. The highest BCUT2D eigenvalue weighted by molar-refractivity contribution is 4.99. The number of likely N-dealkylation sites (tertiary alicyclic amines) is 1. The fraction of sp³-hybridized carbons (Fsp3) is 0.812. The van der Waals surface area contributed by atoms with Crippen molar-refractivity contribution in [2.45, 2.75) is 75.7 Å². The zero-order valence-corrected chi connectivity index (χ0v) is 12.4. The lowest BCUT2D eigenvalue weighted by atomic mass is 10.1. The molecule has 4 rings (SSSR count). The van der Waals surface area contributed by atoms with Gasteiger partial charge < -0.3 is 9.88 Å². The van der Waals surface area contributed by atoms with Gasteiger partial charge in [-0.3, -0.25) is 4.90 Å². The van der Waals surface area contributed by atoms with Gasteiger partial charge in [0, 0.05) is 49.1 Å². The van der Waals surface area contributed by atoms with Crippen LogP contribution in [0.1, 0.15) is 51.5 Å². The lowest BCUT2D eigenvalue weighted by Crippen LogP contribution is -2.42. The molecule has 0 bridgehead atoms. The molecular formula is C16H26N4. The molecule has 20 heavy (non-hydrogen) atoms. The Labute approximate surface area is 121 Å². The van der Waals surface area contributed by atoms with Crippen molar-refractivity contribution in [3.05, 3.63) is 18.7 Å². The van der Waals surface area contributed by atoms with Crippen LogP contribution in [0.2, 0.25) is 0 Å². The first-order chi connectivity index (χ1) is 9.81. The van der Waals surface area contributed by atoms with Crippen molar-refractivity contribution >= 4 is 0 Å². The highest BCUT2D eigenvalue weighted by atomic mass is 15.3. The van der Waals surface area contributed by atoms with E-state index < -0.39 is 0 Å². The molecule has 1 aromatic rings. The first-order valence-electron chi connectivity index (χ1n) is 8.30. The van der Waals surface area contributed by atoms with E-state index in [0.717, 1.165) is 12.1 Å². The van der Waals surface area contributed by atoms with Gasteiger partial charge in [0.05, 0.1) is 6.33 Å². The normalized spacial score (nSPS) is 38.6. The summed E-state index contributed by atoms with van der Waals surface area (Å²) in [6.45, 7) is 3.67. The van der Waals surface area contributed by atoms with Gasteiger partial charge in [0.2, 0.25) is 0 Å². The summed E-state index contributed by atoms with van der Waals surface area (Å²) in [5.41, 5.74) is 0. The second kappa shape index (κ2) is 5.15. The molecule has 1 aromatic heterocycles. The first-order valence-corrected chi connectivity index (χ1v) is 8.30. The van der Waals surface area contributed by atoms with Crippen molar-refractivity contribution in [2.24, 2.45) is 0 Å². The monoisotopic (exact) mass is 274 g/mol. The number of hydrogen-bond donors (Lipinski definition) is 1. The van der Waals surface area contributed by atoms with Crippen LogP contribution in [-0.4, -0.2) is 45.2 Å². The largest absolute Gasteiger partial charge is 0.333 e. The summed E-state index contributed by atoms with van der Waals surface area (Å²) in [5.74, 6) is 0. The Morgan fingerprint density at radius 1 is 1.20 bits per heavy atom. The van der Waals surface area contributed by atoms with Gasteiger partial charge in [0.25, 0.3) is 0 Å². The lowest BCUT2D eigenvalue weighted by Gasteiger charge is -2.26. The molecule has 2 saturated carbocycles. The van der Waals surface area contributed by atoms with Gasteiger partial charge in [-0.2, -0.15) is 0 Å².